The Labute approximate surface area is 120 Å². The zero-order chi connectivity index (χ0) is 14.5. The molecule has 0 aromatic carbocycles. The van der Waals surface area contributed by atoms with Gasteiger partial charge >= 0.3 is 5.97 Å². The lowest BCUT2D eigenvalue weighted by molar-refractivity contribution is 0.0600. The molecule has 2 atom stereocenters. The Morgan fingerprint density at radius 3 is 2.90 bits per heavy atom. The minimum atomic E-state index is -0.351. The normalized spacial score (nSPS) is 22.2. The van der Waals surface area contributed by atoms with Crippen molar-refractivity contribution in [2.75, 3.05) is 20.7 Å². The minimum absolute atomic E-state index is 0.351. The van der Waals surface area contributed by atoms with E-state index in [2.05, 4.69) is 21.7 Å². The molecule has 1 aliphatic rings. The number of nitrogens with two attached hydrogens (primary N) is 1. The van der Waals surface area contributed by atoms with Crippen LogP contribution in [0.2, 0.25) is 0 Å². The zero-order valence-electron chi connectivity index (χ0n) is 12.2. The van der Waals surface area contributed by atoms with Crippen molar-refractivity contribution in [1.82, 2.24) is 9.88 Å². The number of methoxy groups -OCH3 is 1. The highest BCUT2D eigenvalue weighted by Gasteiger charge is 2.29. The third-order valence-electron chi connectivity index (χ3n) is 4.15. The molecule has 5 heteroatoms. The molecule has 2 unspecified atom stereocenters. The summed E-state index contributed by atoms with van der Waals surface area (Å²) in [5.74, 6) is 0.241. The largest absolute Gasteiger partial charge is 0.465 e. The van der Waals surface area contributed by atoms with Crippen LogP contribution in [0.5, 0.6) is 0 Å². The lowest BCUT2D eigenvalue weighted by Crippen LogP contribution is -2.37. The van der Waals surface area contributed by atoms with Crippen LogP contribution >= 0.6 is 0 Å². The molecule has 1 aromatic rings. The van der Waals surface area contributed by atoms with Gasteiger partial charge in [-0.3, -0.25) is 9.88 Å². The second kappa shape index (κ2) is 6.81. The average Bonchev–Trinajstić information content (AvgIpc) is 2.95. The minimum Gasteiger partial charge on any atom is -0.465 e. The SMILES string of the molecule is COC(=O)c1ccc(CN(C)C2CCCC2CN)nc1. The molecule has 2 N–H and O–H groups in total. The summed E-state index contributed by atoms with van der Waals surface area (Å²) in [4.78, 5) is 18.0. The van der Waals surface area contributed by atoms with Gasteiger partial charge in [0.1, 0.15) is 0 Å². The van der Waals surface area contributed by atoms with Crippen molar-refractivity contribution in [2.24, 2.45) is 11.7 Å². The van der Waals surface area contributed by atoms with E-state index in [0.717, 1.165) is 18.8 Å². The van der Waals surface area contributed by atoms with Gasteiger partial charge in [-0.25, -0.2) is 4.79 Å². The monoisotopic (exact) mass is 277 g/mol. The number of carbonyl (C=O) groups excluding carboxylic acids is 1. The fraction of sp³-hybridized carbons (Fsp3) is 0.600. The number of rotatable bonds is 5. The Kier molecular flexibility index (Phi) is 5.09. The summed E-state index contributed by atoms with van der Waals surface area (Å²) in [6.07, 6.45) is 5.26. The molecular formula is C15H23N3O2. The van der Waals surface area contributed by atoms with Crippen molar-refractivity contribution >= 4 is 5.97 Å². The van der Waals surface area contributed by atoms with Gasteiger partial charge in [0, 0.05) is 18.8 Å². The van der Waals surface area contributed by atoms with Gasteiger partial charge in [-0.05, 0) is 44.5 Å². The van der Waals surface area contributed by atoms with E-state index in [4.69, 9.17) is 5.73 Å². The van der Waals surface area contributed by atoms with Gasteiger partial charge in [0.25, 0.3) is 0 Å². The summed E-state index contributed by atoms with van der Waals surface area (Å²) in [5, 5.41) is 0. The summed E-state index contributed by atoms with van der Waals surface area (Å²) >= 11 is 0. The van der Waals surface area contributed by atoms with E-state index in [1.54, 1.807) is 12.3 Å². The smallest absolute Gasteiger partial charge is 0.339 e. The number of carbonyl (C=O) groups is 1. The summed E-state index contributed by atoms with van der Waals surface area (Å²) < 4.78 is 4.66. The maximum Gasteiger partial charge on any atom is 0.339 e. The third kappa shape index (κ3) is 3.35. The molecule has 5 nitrogen and oxygen atoms in total. The van der Waals surface area contributed by atoms with Crippen molar-refractivity contribution < 1.29 is 9.53 Å². The number of nitrogens with zero attached hydrogens (tertiary/aromatic N) is 2. The highest BCUT2D eigenvalue weighted by atomic mass is 16.5. The molecule has 1 saturated carbocycles. The van der Waals surface area contributed by atoms with Gasteiger partial charge in [0.15, 0.2) is 0 Å². The molecule has 0 bridgehead atoms. The van der Waals surface area contributed by atoms with Crippen molar-refractivity contribution in [1.29, 1.82) is 0 Å². The lowest BCUT2D eigenvalue weighted by Gasteiger charge is -2.28. The molecule has 20 heavy (non-hydrogen) atoms. The summed E-state index contributed by atoms with van der Waals surface area (Å²) in [7, 11) is 3.49. The van der Waals surface area contributed by atoms with Crippen molar-refractivity contribution in [3.05, 3.63) is 29.6 Å². The first-order valence-corrected chi connectivity index (χ1v) is 7.09. The van der Waals surface area contributed by atoms with Crippen molar-refractivity contribution in [2.45, 2.75) is 31.8 Å². The van der Waals surface area contributed by atoms with Crippen LogP contribution in [0.4, 0.5) is 0 Å². The topological polar surface area (TPSA) is 68.5 Å². The lowest BCUT2D eigenvalue weighted by atomic mass is 10.0. The second-order valence-corrected chi connectivity index (χ2v) is 5.44. The predicted molar refractivity (Wildman–Crippen MR) is 77.2 cm³/mol. The first-order chi connectivity index (χ1) is 9.65. The molecule has 110 valence electrons. The van der Waals surface area contributed by atoms with Gasteiger partial charge in [-0.1, -0.05) is 6.42 Å². The predicted octanol–water partition coefficient (Wildman–Crippen LogP) is 1.43. The molecule has 0 radical (unpaired) electrons. The Bertz CT molecular complexity index is 447. The molecule has 1 fully saturated rings. The number of aromatic nitrogens is 1. The van der Waals surface area contributed by atoms with E-state index < -0.39 is 0 Å². The van der Waals surface area contributed by atoms with Crippen LogP contribution in [-0.2, 0) is 11.3 Å². The Hall–Kier alpha value is -1.46. The number of hydrogen-bond donors (Lipinski definition) is 1. The van der Waals surface area contributed by atoms with Crippen LogP contribution in [0.3, 0.4) is 0 Å². The molecule has 2 rings (SSSR count). The van der Waals surface area contributed by atoms with Gasteiger partial charge < -0.3 is 10.5 Å². The Balaban J connectivity index is 1.97. The van der Waals surface area contributed by atoms with E-state index >= 15 is 0 Å². The maximum absolute atomic E-state index is 11.4. The van der Waals surface area contributed by atoms with Gasteiger partial charge in [-0.15, -0.1) is 0 Å². The van der Waals surface area contributed by atoms with E-state index in [1.165, 1.54) is 26.4 Å². The first-order valence-electron chi connectivity index (χ1n) is 7.09. The highest BCUT2D eigenvalue weighted by Crippen LogP contribution is 2.29. The fourth-order valence-corrected chi connectivity index (χ4v) is 3.00. The number of esters is 1. The Morgan fingerprint density at radius 2 is 2.30 bits per heavy atom. The third-order valence-corrected chi connectivity index (χ3v) is 4.15. The standard InChI is InChI=1S/C15H23N3O2/c1-18(14-5-3-4-11(14)8-16)10-13-7-6-12(9-17-13)15(19)20-2/h6-7,9,11,14H,3-5,8,10,16H2,1-2H3. The Morgan fingerprint density at radius 1 is 1.50 bits per heavy atom. The van der Waals surface area contributed by atoms with E-state index in [0.29, 0.717) is 17.5 Å². The van der Waals surface area contributed by atoms with Crippen LogP contribution < -0.4 is 5.73 Å². The summed E-state index contributed by atoms with van der Waals surface area (Å²) in [6.45, 7) is 1.53. The maximum atomic E-state index is 11.4. The molecule has 0 aliphatic heterocycles. The second-order valence-electron chi connectivity index (χ2n) is 5.44. The van der Waals surface area contributed by atoms with E-state index in [-0.39, 0.29) is 5.97 Å². The molecule has 1 aromatic heterocycles. The quantitative estimate of drug-likeness (QED) is 0.825. The van der Waals surface area contributed by atoms with Crippen LogP contribution in [0.25, 0.3) is 0 Å². The number of pyridine rings is 1. The van der Waals surface area contributed by atoms with E-state index in [9.17, 15) is 4.79 Å². The van der Waals surface area contributed by atoms with Crippen molar-refractivity contribution in [3.8, 4) is 0 Å². The fourth-order valence-electron chi connectivity index (χ4n) is 3.00. The van der Waals surface area contributed by atoms with Crippen LogP contribution in [-0.4, -0.2) is 42.6 Å². The molecule has 1 aliphatic carbocycles. The van der Waals surface area contributed by atoms with Gasteiger partial charge in [0.05, 0.1) is 18.4 Å². The molecule has 1 heterocycles. The molecule has 0 saturated heterocycles. The number of ether oxygens (including phenoxy) is 1. The van der Waals surface area contributed by atoms with Crippen LogP contribution in [0, 0.1) is 5.92 Å². The summed E-state index contributed by atoms with van der Waals surface area (Å²) in [5.41, 5.74) is 7.28. The van der Waals surface area contributed by atoms with Gasteiger partial charge in [0.2, 0.25) is 0 Å². The summed E-state index contributed by atoms with van der Waals surface area (Å²) in [6, 6.07) is 4.19. The van der Waals surface area contributed by atoms with E-state index in [1.807, 2.05) is 6.07 Å². The van der Waals surface area contributed by atoms with Crippen LogP contribution in [0.1, 0.15) is 35.3 Å². The average molecular weight is 277 g/mol. The molecule has 0 spiro atoms. The highest BCUT2D eigenvalue weighted by molar-refractivity contribution is 5.88. The van der Waals surface area contributed by atoms with Crippen molar-refractivity contribution in [3.63, 3.8) is 0 Å². The number of hydrogen-bond acceptors (Lipinski definition) is 5. The first kappa shape index (κ1) is 14.9. The van der Waals surface area contributed by atoms with Gasteiger partial charge in [-0.2, -0.15) is 0 Å². The van der Waals surface area contributed by atoms with Crippen LogP contribution in [0.15, 0.2) is 18.3 Å². The molecule has 0 amide bonds. The molecular weight excluding hydrogens is 254 g/mol. The zero-order valence-corrected chi connectivity index (χ0v) is 12.2.